The monoisotopic (exact) mass is 409 g/mol. The summed E-state index contributed by atoms with van der Waals surface area (Å²) < 4.78 is 5.41. The number of nitrogens with zero attached hydrogens (tertiary/aromatic N) is 1. The average molecular weight is 410 g/mol. The maximum Gasteiger partial charge on any atom is 0.126 e. The van der Waals surface area contributed by atoms with E-state index in [1.807, 2.05) is 24.3 Å². The number of allylic oxidation sites excluding steroid dienone is 2. The molecule has 0 bridgehead atoms. The lowest BCUT2D eigenvalue weighted by molar-refractivity contribution is -0.0424. The highest BCUT2D eigenvalue weighted by atomic mass is 16.4. The van der Waals surface area contributed by atoms with Gasteiger partial charge in [0, 0.05) is 5.92 Å². The van der Waals surface area contributed by atoms with Crippen LogP contribution in [0.3, 0.4) is 0 Å². The van der Waals surface area contributed by atoms with Crippen molar-refractivity contribution in [3.63, 3.8) is 0 Å². The van der Waals surface area contributed by atoms with E-state index in [9.17, 15) is 10.3 Å². The minimum atomic E-state index is -0.144. The molecule has 30 heavy (non-hydrogen) atoms. The molecule has 0 amide bonds. The molecule has 4 aliphatic carbocycles. The summed E-state index contributed by atoms with van der Waals surface area (Å²) in [5.41, 5.74) is 2.79. The Morgan fingerprint density at radius 3 is 2.80 bits per heavy atom. The maximum atomic E-state index is 10.2. The highest BCUT2D eigenvalue weighted by Gasteiger charge is 2.59. The van der Waals surface area contributed by atoms with Crippen molar-refractivity contribution in [3.05, 3.63) is 41.9 Å². The van der Waals surface area contributed by atoms with Crippen LogP contribution in [-0.4, -0.2) is 22.1 Å². The smallest absolute Gasteiger partial charge is 0.126 e. The van der Waals surface area contributed by atoms with Gasteiger partial charge in [-0.2, -0.15) is 0 Å². The van der Waals surface area contributed by atoms with E-state index in [0.29, 0.717) is 17.8 Å². The molecule has 5 rings (SSSR count). The Hall–Kier alpha value is -1.81. The van der Waals surface area contributed by atoms with Crippen LogP contribution >= 0.6 is 0 Å². The molecule has 162 valence electrons. The number of aliphatic hydroxyl groups excluding tert-OH is 1. The Bertz CT molecular complexity index is 869. The molecule has 0 aliphatic heterocycles. The average Bonchev–Trinajstić information content (AvgIpc) is 3.37. The number of fused-ring (bicyclic) bond motifs is 5. The predicted octanol–water partition coefficient (Wildman–Crippen LogP) is 6.06. The molecule has 0 unspecified atom stereocenters. The normalized spacial score (nSPS) is 43.8. The van der Waals surface area contributed by atoms with Gasteiger partial charge in [-0.05, 0) is 104 Å². The van der Waals surface area contributed by atoms with Gasteiger partial charge < -0.3 is 14.7 Å². The van der Waals surface area contributed by atoms with Crippen molar-refractivity contribution in [1.82, 2.24) is 0 Å². The molecule has 0 aromatic carbocycles. The molecule has 3 saturated carbocycles. The number of rotatable bonds is 3. The minimum Gasteiger partial charge on any atom is -0.465 e. The van der Waals surface area contributed by atoms with Crippen molar-refractivity contribution in [2.24, 2.45) is 39.7 Å². The van der Waals surface area contributed by atoms with E-state index < -0.39 is 0 Å². The SMILES string of the molecule is C[C@]12CC[C@H]3[C@@H](CC=C4C[C@@H](O)CC[C@@]43C)[C@@H]1CC[C@@H]2C(/C=C/c1ccco1)=N/O. The molecule has 4 aliphatic rings. The summed E-state index contributed by atoms with van der Waals surface area (Å²) in [4.78, 5) is 0. The van der Waals surface area contributed by atoms with Gasteiger partial charge in [-0.3, -0.25) is 0 Å². The summed E-state index contributed by atoms with van der Waals surface area (Å²) >= 11 is 0. The van der Waals surface area contributed by atoms with Crippen LogP contribution in [0.2, 0.25) is 0 Å². The fraction of sp³-hybridized carbons (Fsp3) is 0.654. The lowest BCUT2D eigenvalue weighted by Crippen LogP contribution is -2.51. The van der Waals surface area contributed by atoms with Crippen LogP contribution in [0.25, 0.3) is 6.08 Å². The summed E-state index contributed by atoms with van der Waals surface area (Å²) in [5.74, 6) is 3.21. The third-order valence-electron chi connectivity index (χ3n) is 9.51. The van der Waals surface area contributed by atoms with E-state index in [-0.39, 0.29) is 16.9 Å². The zero-order chi connectivity index (χ0) is 20.9. The number of oxime groups is 1. The van der Waals surface area contributed by atoms with Crippen molar-refractivity contribution in [2.45, 2.75) is 71.3 Å². The molecule has 1 aromatic heterocycles. The molecule has 4 heteroatoms. The van der Waals surface area contributed by atoms with Gasteiger partial charge in [-0.15, -0.1) is 0 Å². The predicted molar refractivity (Wildman–Crippen MR) is 118 cm³/mol. The summed E-state index contributed by atoms with van der Waals surface area (Å²) in [5, 5.41) is 23.8. The number of furan rings is 1. The second kappa shape index (κ2) is 7.40. The lowest BCUT2D eigenvalue weighted by Gasteiger charge is -2.58. The molecule has 4 nitrogen and oxygen atoms in total. The van der Waals surface area contributed by atoms with E-state index in [2.05, 4.69) is 25.1 Å². The highest BCUT2D eigenvalue weighted by molar-refractivity contribution is 6.00. The highest BCUT2D eigenvalue weighted by Crippen LogP contribution is 2.66. The van der Waals surface area contributed by atoms with Crippen molar-refractivity contribution in [1.29, 1.82) is 0 Å². The van der Waals surface area contributed by atoms with Crippen LogP contribution in [0.4, 0.5) is 0 Å². The van der Waals surface area contributed by atoms with Crippen LogP contribution in [0.1, 0.15) is 71.0 Å². The van der Waals surface area contributed by atoms with E-state index >= 15 is 0 Å². The quantitative estimate of drug-likeness (QED) is 0.276. The van der Waals surface area contributed by atoms with Gasteiger partial charge in [0.15, 0.2) is 0 Å². The lowest BCUT2D eigenvalue weighted by atomic mass is 9.47. The Balaban J connectivity index is 1.40. The van der Waals surface area contributed by atoms with E-state index in [1.54, 1.807) is 6.26 Å². The second-order valence-electron chi connectivity index (χ2n) is 10.7. The fourth-order valence-electron chi connectivity index (χ4n) is 7.90. The molecular formula is C26H35NO3. The van der Waals surface area contributed by atoms with E-state index in [1.165, 1.54) is 24.8 Å². The van der Waals surface area contributed by atoms with Crippen molar-refractivity contribution in [3.8, 4) is 0 Å². The van der Waals surface area contributed by atoms with Crippen LogP contribution in [0.5, 0.6) is 0 Å². The van der Waals surface area contributed by atoms with E-state index in [0.717, 1.165) is 49.5 Å². The largest absolute Gasteiger partial charge is 0.465 e. The summed E-state index contributed by atoms with van der Waals surface area (Å²) in [7, 11) is 0. The van der Waals surface area contributed by atoms with Gasteiger partial charge in [0.05, 0.1) is 18.1 Å². The first-order valence-corrected chi connectivity index (χ1v) is 11.8. The summed E-state index contributed by atoms with van der Waals surface area (Å²) in [6, 6.07) is 3.79. The Labute approximate surface area is 179 Å². The van der Waals surface area contributed by atoms with Gasteiger partial charge >= 0.3 is 0 Å². The van der Waals surface area contributed by atoms with Gasteiger partial charge in [0.1, 0.15) is 5.76 Å². The van der Waals surface area contributed by atoms with Crippen LogP contribution in [0, 0.1) is 34.5 Å². The molecule has 3 fully saturated rings. The van der Waals surface area contributed by atoms with Gasteiger partial charge in [0.2, 0.25) is 0 Å². The molecule has 0 spiro atoms. The van der Waals surface area contributed by atoms with Crippen molar-refractivity contribution < 1.29 is 14.7 Å². The van der Waals surface area contributed by atoms with Crippen LogP contribution in [-0.2, 0) is 0 Å². The van der Waals surface area contributed by atoms with Crippen LogP contribution in [0.15, 0.2) is 45.7 Å². The van der Waals surface area contributed by atoms with E-state index in [4.69, 9.17) is 4.42 Å². The van der Waals surface area contributed by atoms with Crippen molar-refractivity contribution >= 4 is 11.8 Å². The standard InChI is InChI=1S/C26H35NO3/c1-25-13-11-18(28)16-17(25)5-7-20-21-8-9-23(26(21,2)14-12-22(20)25)24(27-29)10-6-19-4-3-15-30-19/h3-6,10,15,18,20-23,28-29H,7-9,11-14,16H2,1-2H3/b10-6+,27-24+/t18-,20-,21-,22-,23+,25-,26-/m0/s1. The Morgan fingerprint density at radius 2 is 2.03 bits per heavy atom. The minimum absolute atomic E-state index is 0.144. The number of hydrogen-bond donors (Lipinski definition) is 2. The molecule has 0 radical (unpaired) electrons. The molecule has 0 saturated heterocycles. The molecule has 1 heterocycles. The molecule has 2 N–H and O–H groups in total. The van der Waals surface area contributed by atoms with Gasteiger partial charge in [0.25, 0.3) is 0 Å². The van der Waals surface area contributed by atoms with Crippen molar-refractivity contribution in [2.75, 3.05) is 0 Å². The fourth-order valence-corrected chi connectivity index (χ4v) is 7.90. The number of hydrogen-bond acceptors (Lipinski definition) is 4. The molecular weight excluding hydrogens is 374 g/mol. The third kappa shape index (κ3) is 3.02. The number of aliphatic hydroxyl groups is 1. The first-order valence-electron chi connectivity index (χ1n) is 11.8. The van der Waals surface area contributed by atoms with Crippen LogP contribution < -0.4 is 0 Å². The molecule has 7 atom stereocenters. The maximum absolute atomic E-state index is 10.2. The zero-order valence-corrected chi connectivity index (χ0v) is 18.3. The Kier molecular flexibility index (Phi) is 4.96. The topological polar surface area (TPSA) is 66.0 Å². The zero-order valence-electron chi connectivity index (χ0n) is 18.3. The third-order valence-corrected chi connectivity index (χ3v) is 9.51. The van der Waals surface area contributed by atoms with Gasteiger partial charge in [-0.1, -0.05) is 30.7 Å². The Morgan fingerprint density at radius 1 is 1.17 bits per heavy atom. The first kappa shape index (κ1) is 20.1. The second-order valence-corrected chi connectivity index (χ2v) is 10.7. The first-order chi connectivity index (χ1) is 14.5. The van der Waals surface area contributed by atoms with Gasteiger partial charge in [-0.25, -0.2) is 0 Å². The summed E-state index contributed by atoms with van der Waals surface area (Å²) in [6.07, 6.45) is 16.7. The summed E-state index contributed by atoms with van der Waals surface area (Å²) in [6.45, 7) is 4.92. The molecule has 1 aromatic rings.